The molecule has 0 saturated heterocycles. The summed E-state index contributed by atoms with van der Waals surface area (Å²) < 4.78 is 47.8. The van der Waals surface area contributed by atoms with Crippen LogP contribution in [0.15, 0.2) is 41.0 Å². The third-order valence-corrected chi connectivity index (χ3v) is 5.42. The maximum absolute atomic E-state index is 13.8. The Morgan fingerprint density at radius 2 is 1.86 bits per heavy atom. The van der Waals surface area contributed by atoms with Crippen LogP contribution in [0, 0.1) is 19.8 Å². The Balaban J connectivity index is 1.70. The minimum Gasteiger partial charge on any atom is -0.446 e. The number of carbonyl (C=O) groups excluding carboxylic acids is 2. The Morgan fingerprint density at radius 3 is 2.54 bits per heavy atom. The van der Waals surface area contributed by atoms with Crippen molar-refractivity contribution < 1.29 is 27.2 Å². The van der Waals surface area contributed by atoms with Gasteiger partial charge < -0.3 is 9.73 Å². The maximum Gasteiger partial charge on any atom is 0.437 e. The second-order valence-corrected chi connectivity index (χ2v) is 8.39. The predicted octanol–water partition coefficient (Wildman–Crippen LogP) is 5.19. The molecule has 35 heavy (non-hydrogen) atoms. The number of pyridine rings is 1. The van der Waals surface area contributed by atoms with Crippen LogP contribution in [0.1, 0.15) is 57.7 Å². The fourth-order valence-electron chi connectivity index (χ4n) is 3.65. The number of amides is 1. The number of fused-ring (bicyclic) bond motifs is 1. The van der Waals surface area contributed by atoms with Gasteiger partial charge in [-0.15, -0.1) is 0 Å². The minimum absolute atomic E-state index is 0.0157. The summed E-state index contributed by atoms with van der Waals surface area (Å²) in [5, 5.41) is 6.57. The van der Waals surface area contributed by atoms with E-state index in [9.17, 15) is 22.8 Å². The number of aryl methyl sites for hydroxylation is 1. The van der Waals surface area contributed by atoms with E-state index < -0.39 is 23.5 Å². The molecule has 1 N–H and O–H groups in total. The van der Waals surface area contributed by atoms with Gasteiger partial charge >= 0.3 is 6.18 Å². The fraction of sp³-hybridized carbons (Fsp3) is 0.292. The number of oxazole rings is 1. The lowest BCUT2D eigenvalue weighted by Crippen LogP contribution is -2.17. The fourth-order valence-corrected chi connectivity index (χ4v) is 3.65. The summed E-state index contributed by atoms with van der Waals surface area (Å²) in [6.45, 7) is 6.24. The zero-order valence-corrected chi connectivity index (χ0v) is 19.4. The van der Waals surface area contributed by atoms with Crippen LogP contribution in [-0.4, -0.2) is 31.4 Å². The van der Waals surface area contributed by atoms with Crippen LogP contribution in [0.3, 0.4) is 0 Å². The van der Waals surface area contributed by atoms with Crippen molar-refractivity contribution in [1.82, 2.24) is 19.7 Å². The van der Waals surface area contributed by atoms with Crippen molar-refractivity contribution in [3.63, 3.8) is 0 Å². The number of anilines is 1. The second-order valence-electron chi connectivity index (χ2n) is 8.39. The standard InChI is InChI=1S/C24H22F3N5O3/c1-12(2)21(33)18-11-35-19(29-18)10-32-14(4)20(22(31-32)24(25,26)27)30-23(34)16-9-13(3)28-17-8-6-5-7-15(16)17/h5-9,11-12H,10H2,1-4H3,(H,30,34). The smallest absolute Gasteiger partial charge is 0.437 e. The highest BCUT2D eigenvalue weighted by Crippen LogP contribution is 2.36. The van der Waals surface area contributed by atoms with E-state index in [1.807, 2.05) is 0 Å². The van der Waals surface area contributed by atoms with Gasteiger partial charge in [0.15, 0.2) is 11.5 Å². The number of carbonyl (C=O) groups is 2. The molecular weight excluding hydrogens is 463 g/mol. The molecule has 8 nitrogen and oxygen atoms in total. The normalized spacial score (nSPS) is 11.9. The third-order valence-electron chi connectivity index (χ3n) is 5.42. The van der Waals surface area contributed by atoms with Gasteiger partial charge in [0, 0.05) is 17.0 Å². The van der Waals surface area contributed by atoms with Crippen molar-refractivity contribution in [1.29, 1.82) is 0 Å². The lowest BCUT2D eigenvalue weighted by atomic mass is 10.1. The minimum atomic E-state index is -4.83. The highest BCUT2D eigenvalue weighted by Gasteiger charge is 2.39. The molecule has 0 fully saturated rings. The first-order valence-corrected chi connectivity index (χ1v) is 10.8. The van der Waals surface area contributed by atoms with E-state index in [0.29, 0.717) is 16.6 Å². The van der Waals surface area contributed by atoms with E-state index in [2.05, 4.69) is 20.4 Å². The van der Waals surface area contributed by atoms with E-state index in [1.165, 1.54) is 19.3 Å². The number of para-hydroxylation sites is 1. The number of hydrogen-bond acceptors (Lipinski definition) is 6. The predicted molar refractivity (Wildman–Crippen MR) is 121 cm³/mol. The molecule has 0 aliphatic carbocycles. The maximum atomic E-state index is 13.8. The summed E-state index contributed by atoms with van der Waals surface area (Å²) in [5.74, 6) is -1.27. The molecule has 0 saturated carbocycles. The molecule has 3 aromatic heterocycles. The quantitative estimate of drug-likeness (QED) is 0.377. The number of Topliss-reactive ketones (excluding diaryl/α,β-unsaturated/α-hetero) is 1. The molecule has 11 heteroatoms. The zero-order chi connectivity index (χ0) is 25.5. The Labute approximate surface area is 198 Å². The van der Waals surface area contributed by atoms with Crippen molar-refractivity contribution in [2.24, 2.45) is 5.92 Å². The molecule has 0 spiro atoms. The summed E-state index contributed by atoms with van der Waals surface area (Å²) in [7, 11) is 0. The molecular formula is C24H22F3N5O3. The SMILES string of the molecule is Cc1cc(C(=O)Nc2c(C(F)(F)F)nn(Cc3nc(C(=O)C(C)C)co3)c2C)c2ccccc2n1. The lowest BCUT2D eigenvalue weighted by Gasteiger charge is -2.11. The Morgan fingerprint density at radius 1 is 1.14 bits per heavy atom. The topological polar surface area (TPSA) is 103 Å². The van der Waals surface area contributed by atoms with E-state index in [1.54, 1.807) is 45.0 Å². The van der Waals surface area contributed by atoms with Crippen molar-refractivity contribution in [2.45, 2.75) is 40.4 Å². The third kappa shape index (κ3) is 4.79. The average molecular weight is 485 g/mol. The number of aromatic nitrogens is 4. The number of benzene rings is 1. The van der Waals surface area contributed by atoms with Crippen molar-refractivity contribution in [3.05, 3.63) is 70.8 Å². The van der Waals surface area contributed by atoms with Gasteiger partial charge in [-0.2, -0.15) is 18.3 Å². The van der Waals surface area contributed by atoms with Crippen LogP contribution in [0.2, 0.25) is 0 Å². The van der Waals surface area contributed by atoms with Crippen LogP contribution in [0.4, 0.5) is 18.9 Å². The van der Waals surface area contributed by atoms with Gasteiger partial charge in [-0.05, 0) is 26.0 Å². The van der Waals surface area contributed by atoms with Crippen LogP contribution in [0.5, 0.6) is 0 Å². The van der Waals surface area contributed by atoms with Gasteiger partial charge in [0.25, 0.3) is 5.91 Å². The van der Waals surface area contributed by atoms with Crippen LogP contribution in [0.25, 0.3) is 10.9 Å². The first-order chi connectivity index (χ1) is 16.5. The number of hydrogen-bond donors (Lipinski definition) is 1. The van der Waals surface area contributed by atoms with Gasteiger partial charge in [-0.1, -0.05) is 32.0 Å². The van der Waals surface area contributed by atoms with E-state index in [-0.39, 0.29) is 41.1 Å². The molecule has 3 heterocycles. The Kier molecular flexibility index (Phi) is 6.18. The number of ketones is 1. The first-order valence-electron chi connectivity index (χ1n) is 10.8. The number of alkyl halides is 3. The van der Waals surface area contributed by atoms with E-state index >= 15 is 0 Å². The Bertz CT molecular complexity index is 1440. The van der Waals surface area contributed by atoms with Gasteiger partial charge in [-0.3, -0.25) is 19.3 Å². The molecule has 182 valence electrons. The molecule has 0 radical (unpaired) electrons. The largest absolute Gasteiger partial charge is 0.446 e. The summed E-state index contributed by atoms with van der Waals surface area (Å²) >= 11 is 0. The van der Waals surface area contributed by atoms with Crippen LogP contribution in [-0.2, 0) is 12.7 Å². The molecule has 0 aliphatic rings. The summed E-state index contributed by atoms with van der Waals surface area (Å²) in [5.41, 5.74) is -0.280. The molecule has 0 unspecified atom stereocenters. The highest BCUT2D eigenvalue weighted by molar-refractivity contribution is 6.12. The van der Waals surface area contributed by atoms with Crippen LogP contribution >= 0.6 is 0 Å². The number of halogens is 3. The number of nitrogens with one attached hydrogen (secondary N) is 1. The number of rotatable bonds is 6. The second kappa shape index (κ2) is 8.97. The van der Waals surface area contributed by atoms with Gasteiger partial charge in [-0.25, -0.2) is 4.98 Å². The monoisotopic (exact) mass is 485 g/mol. The average Bonchev–Trinajstić information content (AvgIpc) is 3.38. The van der Waals surface area contributed by atoms with Crippen LogP contribution < -0.4 is 5.32 Å². The van der Waals surface area contributed by atoms with Gasteiger partial charge in [0.1, 0.15) is 18.5 Å². The molecule has 0 atom stereocenters. The molecule has 0 bridgehead atoms. The van der Waals surface area contributed by atoms with E-state index in [0.717, 1.165) is 4.68 Å². The lowest BCUT2D eigenvalue weighted by molar-refractivity contribution is -0.140. The first kappa shape index (κ1) is 24.1. The highest BCUT2D eigenvalue weighted by atomic mass is 19.4. The molecule has 1 amide bonds. The van der Waals surface area contributed by atoms with E-state index in [4.69, 9.17) is 4.42 Å². The Hall–Kier alpha value is -4.02. The van der Waals surface area contributed by atoms with Crippen molar-refractivity contribution >= 4 is 28.3 Å². The molecule has 1 aromatic carbocycles. The number of nitrogens with zero attached hydrogens (tertiary/aromatic N) is 4. The summed E-state index contributed by atoms with van der Waals surface area (Å²) in [6.07, 6.45) is -3.66. The van der Waals surface area contributed by atoms with Gasteiger partial charge in [0.05, 0.1) is 22.5 Å². The van der Waals surface area contributed by atoms with Gasteiger partial charge in [0.2, 0.25) is 5.89 Å². The molecule has 0 aliphatic heterocycles. The van der Waals surface area contributed by atoms with Crippen molar-refractivity contribution in [2.75, 3.05) is 5.32 Å². The summed E-state index contributed by atoms with van der Waals surface area (Å²) in [4.78, 5) is 33.6. The summed E-state index contributed by atoms with van der Waals surface area (Å²) in [6, 6.07) is 8.39. The molecule has 4 rings (SSSR count). The zero-order valence-electron chi connectivity index (χ0n) is 19.4. The molecule has 4 aromatic rings. The van der Waals surface area contributed by atoms with Crippen molar-refractivity contribution in [3.8, 4) is 0 Å².